The van der Waals surface area contributed by atoms with E-state index in [4.69, 9.17) is 4.74 Å². The highest BCUT2D eigenvalue weighted by Crippen LogP contribution is 2.14. The predicted molar refractivity (Wildman–Crippen MR) is 103 cm³/mol. The topological polar surface area (TPSA) is 101 Å². The SMILES string of the molecule is CS(=O)(=O)Nc1cccc(CNC(=O)c2ccc(N3CCOCC3)nc2)c1. The predicted octanol–water partition coefficient (Wildman–Crippen LogP) is 1.22. The van der Waals surface area contributed by atoms with Gasteiger partial charge in [-0.05, 0) is 29.8 Å². The molecule has 27 heavy (non-hydrogen) atoms. The molecule has 2 aromatic rings. The second-order valence-corrected chi connectivity index (χ2v) is 8.01. The molecule has 1 fully saturated rings. The maximum absolute atomic E-state index is 12.3. The van der Waals surface area contributed by atoms with Crippen molar-refractivity contribution < 1.29 is 17.9 Å². The summed E-state index contributed by atoms with van der Waals surface area (Å²) in [5, 5.41) is 2.81. The monoisotopic (exact) mass is 390 g/mol. The van der Waals surface area contributed by atoms with E-state index in [9.17, 15) is 13.2 Å². The zero-order chi connectivity index (χ0) is 19.3. The summed E-state index contributed by atoms with van der Waals surface area (Å²) in [7, 11) is -3.34. The zero-order valence-electron chi connectivity index (χ0n) is 15.0. The number of pyridine rings is 1. The number of carbonyl (C=O) groups is 1. The number of nitrogens with one attached hydrogen (secondary N) is 2. The molecule has 1 amide bonds. The molecule has 0 saturated carbocycles. The molecule has 0 radical (unpaired) electrons. The van der Waals surface area contributed by atoms with Crippen LogP contribution in [0.1, 0.15) is 15.9 Å². The Labute approximate surface area is 158 Å². The van der Waals surface area contributed by atoms with Gasteiger partial charge in [0.1, 0.15) is 5.82 Å². The van der Waals surface area contributed by atoms with E-state index in [1.54, 1.807) is 30.5 Å². The first kappa shape index (κ1) is 19.1. The van der Waals surface area contributed by atoms with Crippen LogP contribution in [0.2, 0.25) is 0 Å². The molecule has 1 aromatic heterocycles. The molecule has 9 heteroatoms. The second-order valence-electron chi connectivity index (χ2n) is 6.26. The summed E-state index contributed by atoms with van der Waals surface area (Å²) in [5.41, 5.74) is 1.72. The first-order valence-corrected chi connectivity index (χ1v) is 10.4. The Hall–Kier alpha value is -2.65. The van der Waals surface area contributed by atoms with Crippen LogP contribution in [0.5, 0.6) is 0 Å². The number of aromatic nitrogens is 1. The van der Waals surface area contributed by atoms with Crippen molar-refractivity contribution in [2.24, 2.45) is 0 Å². The van der Waals surface area contributed by atoms with Crippen molar-refractivity contribution in [2.45, 2.75) is 6.54 Å². The van der Waals surface area contributed by atoms with Crippen LogP contribution in [-0.4, -0.2) is 51.9 Å². The number of rotatable bonds is 6. The summed E-state index contributed by atoms with van der Waals surface area (Å²) < 4.78 is 30.3. The third kappa shape index (κ3) is 5.66. The Kier molecular flexibility index (Phi) is 5.92. The van der Waals surface area contributed by atoms with E-state index in [0.717, 1.165) is 30.7 Å². The van der Waals surface area contributed by atoms with Gasteiger partial charge in [-0.25, -0.2) is 13.4 Å². The highest BCUT2D eigenvalue weighted by atomic mass is 32.2. The molecule has 0 aliphatic carbocycles. The average Bonchev–Trinajstić information content (AvgIpc) is 2.66. The van der Waals surface area contributed by atoms with Gasteiger partial charge in [0.25, 0.3) is 5.91 Å². The Morgan fingerprint density at radius 3 is 2.67 bits per heavy atom. The summed E-state index contributed by atoms with van der Waals surface area (Å²) in [5.74, 6) is 0.590. The molecule has 0 unspecified atom stereocenters. The number of carbonyl (C=O) groups excluding carboxylic acids is 1. The van der Waals surface area contributed by atoms with Crippen LogP contribution in [0.25, 0.3) is 0 Å². The maximum atomic E-state index is 12.3. The first-order chi connectivity index (χ1) is 12.9. The maximum Gasteiger partial charge on any atom is 0.253 e. The van der Waals surface area contributed by atoms with Crippen molar-refractivity contribution >= 4 is 27.4 Å². The molecular formula is C18H22N4O4S. The number of nitrogens with zero attached hydrogens (tertiary/aromatic N) is 2. The molecule has 1 aliphatic rings. The van der Waals surface area contributed by atoms with Gasteiger partial charge in [-0.15, -0.1) is 0 Å². The van der Waals surface area contributed by atoms with Gasteiger partial charge in [0.05, 0.1) is 25.0 Å². The number of sulfonamides is 1. The van der Waals surface area contributed by atoms with Gasteiger partial charge >= 0.3 is 0 Å². The largest absolute Gasteiger partial charge is 0.378 e. The highest BCUT2D eigenvalue weighted by molar-refractivity contribution is 7.92. The molecule has 1 aliphatic heterocycles. The minimum Gasteiger partial charge on any atom is -0.378 e. The van der Waals surface area contributed by atoms with Crippen LogP contribution in [0.3, 0.4) is 0 Å². The number of hydrogen-bond donors (Lipinski definition) is 2. The first-order valence-electron chi connectivity index (χ1n) is 8.54. The second kappa shape index (κ2) is 8.36. The highest BCUT2D eigenvalue weighted by Gasteiger charge is 2.13. The lowest BCUT2D eigenvalue weighted by atomic mass is 10.2. The minimum absolute atomic E-state index is 0.238. The van der Waals surface area contributed by atoms with Crippen LogP contribution < -0.4 is 14.9 Å². The number of benzene rings is 1. The minimum atomic E-state index is -3.34. The van der Waals surface area contributed by atoms with Crippen molar-refractivity contribution in [1.82, 2.24) is 10.3 Å². The van der Waals surface area contributed by atoms with E-state index in [0.29, 0.717) is 24.5 Å². The fourth-order valence-corrected chi connectivity index (χ4v) is 3.30. The molecule has 0 bridgehead atoms. The van der Waals surface area contributed by atoms with Gasteiger partial charge in [-0.3, -0.25) is 9.52 Å². The molecule has 0 spiro atoms. The third-order valence-corrected chi connectivity index (χ3v) is 4.63. The molecule has 1 aromatic carbocycles. The molecule has 144 valence electrons. The molecule has 8 nitrogen and oxygen atoms in total. The number of ether oxygens (including phenoxy) is 1. The summed E-state index contributed by atoms with van der Waals surface area (Å²) in [6.45, 7) is 3.21. The Morgan fingerprint density at radius 2 is 2.00 bits per heavy atom. The van der Waals surface area contributed by atoms with Crippen molar-refractivity contribution in [3.8, 4) is 0 Å². The Morgan fingerprint density at radius 1 is 1.22 bits per heavy atom. The Balaban J connectivity index is 1.58. The van der Waals surface area contributed by atoms with Crippen LogP contribution in [0, 0.1) is 0 Å². The van der Waals surface area contributed by atoms with Crippen molar-refractivity contribution in [2.75, 3.05) is 42.2 Å². The van der Waals surface area contributed by atoms with Gasteiger partial charge in [-0.2, -0.15) is 0 Å². The molecule has 1 saturated heterocycles. The van der Waals surface area contributed by atoms with E-state index < -0.39 is 10.0 Å². The van der Waals surface area contributed by atoms with E-state index in [1.807, 2.05) is 12.1 Å². The Bertz CT molecular complexity index is 894. The molecule has 3 rings (SSSR count). The van der Waals surface area contributed by atoms with E-state index in [1.165, 1.54) is 0 Å². The van der Waals surface area contributed by atoms with Crippen LogP contribution >= 0.6 is 0 Å². The average molecular weight is 390 g/mol. The van der Waals surface area contributed by atoms with Gasteiger partial charge < -0.3 is 15.0 Å². The van der Waals surface area contributed by atoms with Gasteiger partial charge in [-0.1, -0.05) is 12.1 Å². The zero-order valence-corrected chi connectivity index (χ0v) is 15.8. The normalized spacial score (nSPS) is 14.6. The van der Waals surface area contributed by atoms with Gasteiger partial charge in [0.15, 0.2) is 0 Å². The molecular weight excluding hydrogens is 368 g/mol. The van der Waals surface area contributed by atoms with E-state index in [-0.39, 0.29) is 12.5 Å². The number of hydrogen-bond acceptors (Lipinski definition) is 6. The fourth-order valence-electron chi connectivity index (χ4n) is 2.74. The summed E-state index contributed by atoms with van der Waals surface area (Å²) in [4.78, 5) is 18.8. The third-order valence-electron chi connectivity index (χ3n) is 4.03. The van der Waals surface area contributed by atoms with Crippen molar-refractivity contribution in [3.63, 3.8) is 0 Å². The van der Waals surface area contributed by atoms with Crippen LogP contribution in [0.4, 0.5) is 11.5 Å². The molecule has 2 heterocycles. The molecule has 0 atom stereocenters. The van der Waals surface area contributed by atoms with E-state index in [2.05, 4.69) is 19.9 Å². The number of morpholine rings is 1. The lowest BCUT2D eigenvalue weighted by molar-refractivity contribution is 0.0950. The lowest BCUT2D eigenvalue weighted by Crippen LogP contribution is -2.36. The van der Waals surface area contributed by atoms with E-state index >= 15 is 0 Å². The van der Waals surface area contributed by atoms with Crippen LogP contribution in [-0.2, 0) is 21.3 Å². The number of amides is 1. The van der Waals surface area contributed by atoms with Crippen molar-refractivity contribution in [3.05, 3.63) is 53.7 Å². The van der Waals surface area contributed by atoms with Crippen LogP contribution in [0.15, 0.2) is 42.6 Å². The smallest absolute Gasteiger partial charge is 0.253 e. The van der Waals surface area contributed by atoms with Gasteiger partial charge in [0.2, 0.25) is 10.0 Å². The van der Waals surface area contributed by atoms with Crippen molar-refractivity contribution in [1.29, 1.82) is 0 Å². The number of anilines is 2. The summed E-state index contributed by atoms with van der Waals surface area (Å²) in [6.07, 6.45) is 2.65. The molecule has 2 N–H and O–H groups in total. The lowest BCUT2D eigenvalue weighted by Gasteiger charge is -2.27. The fraction of sp³-hybridized carbons (Fsp3) is 0.333. The quantitative estimate of drug-likeness (QED) is 0.769. The summed E-state index contributed by atoms with van der Waals surface area (Å²) >= 11 is 0. The summed E-state index contributed by atoms with van der Waals surface area (Å²) in [6, 6.07) is 10.5. The van der Waals surface area contributed by atoms with Gasteiger partial charge in [0, 0.05) is 31.5 Å². The standard InChI is InChI=1S/C18H22N4O4S/c1-27(24,25)21-16-4-2-3-14(11-16)12-20-18(23)15-5-6-17(19-13-15)22-7-9-26-10-8-22/h2-6,11,13,21H,7-10,12H2,1H3,(H,20,23).